The molecule has 2 saturated heterocycles. The maximum absolute atomic E-state index is 12.3. The van der Waals surface area contributed by atoms with Crippen LogP contribution in [-0.4, -0.2) is 66.4 Å². The molecule has 1 amide bonds. The van der Waals surface area contributed by atoms with Crippen LogP contribution in [-0.2, 0) is 11.3 Å². The molecule has 0 aliphatic carbocycles. The van der Waals surface area contributed by atoms with E-state index in [1.165, 1.54) is 5.56 Å². The van der Waals surface area contributed by atoms with Crippen molar-refractivity contribution in [1.29, 1.82) is 0 Å². The summed E-state index contributed by atoms with van der Waals surface area (Å²) in [6.45, 7) is 4.91. The molecule has 5 heteroatoms. The lowest BCUT2D eigenvalue weighted by atomic mass is 9.85. The van der Waals surface area contributed by atoms with Gasteiger partial charge in [-0.05, 0) is 39.4 Å². The van der Waals surface area contributed by atoms with Crippen molar-refractivity contribution in [2.45, 2.75) is 37.8 Å². The fourth-order valence-electron chi connectivity index (χ4n) is 3.82. The molecule has 5 nitrogen and oxygen atoms in total. The number of likely N-dealkylation sites (N-methyl/N-ethyl adjacent to an activating group) is 1. The predicted molar refractivity (Wildman–Crippen MR) is 85.5 cm³/mol. The van der Waals surface area contributed by atoms with E-state index in [4.69, 9.17) is 4.42 Å². The normalized spacial score (nSPS) is 22.1. The van der Waals surface area contributed by atoms with Gasteiger partial charge < -0.3 is 14.2 Å². The second-order valence-electron chi connectivity index (χ2n) is 6.98. The molecule has 3 rings (SSSR count). The highest BCUT2D eigenvalue weighted by Crippen LogP contribution is 2.39. The van der Waals surface area contributed by atoms with Crippen LogP contribution < -0.4 is 0 Å². The van der Waals surface area contributed by atoms with Gasteiger partial charge in [0.05, 0.1) is 12.5 Å². The highest BCUT2D eigenvalue weighted by molar-refractivity contribution is 5.79. The zero-order chi connectivity index (χ0) is 15.6. The molecule has 122 valence electrons. The summed E-state index contributed by atoms with van der Waals surface area (Å²) in [6.07, 6.45) is 7.54. The summed E-state index contributed by atoms with van der Waals surface area (Å²) in [7, 11) is 4.14. The Labute approximate surface area is 132 Å². The average Bonchev–Trinajstić information content (AvgIpc) is 3.09. The number of nitrogens with zero attached hydrogens (tertiary/aromatic N) is 3. The number of amides is 1. The van der Waals surface area contributed by atoms with Gasteiger partial charge in [-0.1, -0.05) is 0 Å². The van der Waals surface area contributed by atoms with Crippen LogP contribution in [0.4, 0.5) is 0 Å². The number of furan rings is 1. The van der Waals surface area contributed by atoms with E-state index in [9.17, 15) is 4.79 Å². The van der Waals surface area contributed by atoms with Crippen molar-refractivity contribution >= 4 is 5.91 Å². The average molecular weight is 305 g/mol. The summed E-state index contributed by atoms with van der Waals surface area (Å²) < 4.78 is 5.15. The van der Waals surface area contributed by atoms with Gasteiger partial charge in [-0.3, -0.25) is 9.69 Å². The molecular formula is C17H27N3O2. The van der Waals surface area contributed by atoms with Gasteiger partial charge in [-0.25, -0.2) is 0 Å². The zero-order valence-electron chi connectivity index (χ0n) is 13.8. The van der Waals surface area contributed by atoms with Gasteiger partial charge in [-0.15, -0.1) is 0 Å². The van der Waals surface area contributed by atoms with Gasteiger partial charge >= 0.3 is 0 Å². The first-order valence-electron chi connectivity index (χ1n) is 8.28. The van der Waals surface area contributed by atoms with Crippen molar-refractivity contribution in [1.82, 2.24) is 14.7 Å². The molecule has 1 spiro atoms. The minimum Gasteiger partial charge on any atom is -0.472 e. The molecule has 0 saturated carbocycles. The summed E-state index contributed by atoms with van der Waals surface area (Å²) >= 11 is 0. The minimum atomic E-state index is 0.125. The molecule has 1 aromatic rings. The Bertz CT molecular complexity index is 490. The van der Waals surface area contributed by atoms with E-state index in [-0.39, 0.29) is 5.54 Å². The highest BCUT2D eigenvalue weighted by Gasteiger charge is 2.46. The molecule has 2 fully saturated rings. The number of likely N-dealkylation sites (tertiary alicyclic amines) is 2. The third-order valence-electron chi connectivity index (χ3n) is 5.22. The van der Waals surface area contributed by atoms with E-state index >= 15 is 0 Å². The molecule has 0 aromatic carbocycles. The van der Waals surface area contributed by atoms with Gasteiger partial charge in [-0.2, -0.15) is 0 Å². The SMILES string of the molecule is CN(C)CCN1C(=O)CCC12CCN(Cc1ccoc1)CC2. The molecule has 22 heavy (non-hydrogen) atoms. The molecule has 0 radical (unpaired) electrons. The summed E-state index contributed by atoms with van der Waals surface area (Å²) in [4.78, 5) is 19.1. The molecule has 0 atom stereocenters. The fraction of sp³-hybridized carbons (Fsp3) is 0.706. The van der Waals surface area contributed by atoms with E-state index in [0.29, 0.717) is 5.91 Å². The van der Waals surface area contributed by atoms with Crippen molar-refractivity contribution in [2.75, 3.05) is 40.3 Å². The number of hydrogen-bond donors (Lipinski definition) is 0. The van der Waals surface area contributed by atoms with Crippen LogP contribution in [0.5, 0.6) is 0 Å². The van der Waals surface area contributed by atoms with E-state index in [1.54, 1.807) is 6.26 Å². The second-order valence-corrected chi connectivity index (χ2v) is 6.98. The maximum atomic E-state index is 12.3. The Balaban J connectivity index is 1.59. The van der Waals surface area contributed by atoms with Gasteiger partial charge in [0.2, 0.25) is 5.91 Å². The van der Waals surface area contributed by atoms with E-state index < -0.39 is 0 Å². The van der Waals surface area contributed by atoms with Crippen LogP contribution in [0.1, 0.15) is 31.2 Å². The molecule has 3 heterocycles. The molecule has 0 unspecified atom stereocenters. The zero-order valence-corrected chi connectivity index (χ0v) is 13.8. The van der Waals surface area contributed by atoms with Crippen LogP contribution in [0.3, 0.4) is 0 Å². The van der Waals surface area contributed by atoms with Gasteiger partial charge in [0.25, 0.3) is 0 Å². The first kappa shape index (κ1) is 15.6. The summed E-state index contributed by atoms with van der Waals surface area (Å²) in [5.41, 5.74) is 1.36. The largest absolute Gasteiger partial charge is 0.472 e. The van der Waals surface area contributed by atoms with Crippen LogP contribution in [0.15, 0.2) is 23.0 Å². The Kier molecular flexibility index (Phi) is 4.54. The van der Waals surface area contributed by atoms with Gasteiger partial charge in [0.1, 0.15) is 0 Å². The summed E-state index contributed by atoms with van der Waals surface area (Å²) in [6, 6.07) is 2.03. The van der Waals surface area contributed by atoms with Crippen molar-refractivity contribution in [3.63, 3.8) is 0 Å². The Morgan fingerprint density at radius 1 is 1.27 bits per heavy atom. The van der Waals surface area contributed by atoms with Crippen molar-refractivity contribution in [2.24, 2.45) is 0 Å². The number of rotatable bonds is 5. The van der Waals surface area contributed by atoms with Crippen molar-refractivity contribution in [3.8, 4) is 0 Å². The smallest absolute Gasteiger partial charge is 0.223 e. The van der Waals surface area contributed by atoms with Crippen molar-refractivity contribution in [3.05, 3.63) is 24.2 Å². The number of carbonyl (C=O) groups is 1. The molecule has 2 aliphatic heterocycles. The first-order chi connectivity index (χ1) is 10.6. The Hall–Kier alpha value is -1.33. The molecule has 2 aliphatic rings. The Morgan fingerprint density at radius 2 is 2.05 bits per heavy atom. The standard InChI is InChI=1S/C17H27N3O2/c1-18(2)10-11-20-16(21)3-5-17(20)6-8-19(9-7-17)13-15-4-12-22-14-15/h4,12,14H,3,5-11,13H2,1-2H3. The first-order valence-corrected chi connectivity index (χ1v) is 8.28. The third-order valence-corrected chi connectivity index (χ3v) is 5.22. The number of hydrogen-bond acceptors (Lipinski definition) is 4. The summed E-state index contributed by atoms with van der Waals surface area (Å²) in [5.74, 6) is 0.352. The maximum Gasteiger partial charge on any atom is 0.223 e. The van der Waals surface area contributed by atoms with Crippen LogP contribution in [0.25, 0.3) is 0 Å². The van der Waals surface area contributed by atoms with E-state index in [0.717, 1.165) is 58.4 Å². The third kappa shape index (κ3) is 3.20. The Morgan fingerprint density at radius 3 is 2.68 bits per heavy atom. The lowest BCUT2D eigenvalue weighted by Crippen LogP contribution is -2.54. The molecule has 0 N–H and O–H groups in total. The quantitative estimate of drug-likeness (QED) is 0.832. The van der Waals surface area contributed by atoms with Gasteiger partial charge in [0.15, 0.2) is 0 Å². The topological polar surface area (TPSA) is 39.9 Å². The lowest BCUT2D eigenvalue weighted by molar-refractivity contribution is -0.132. The summed E-state index contributed by atoms with van der Waals surface area (Å²) in [5, 5.41) is 0. The molecular weight excluding hydrogens is 278 g/mol. The minimum absolute atomic E-state index is 0.125. The van der Waals surface area contributed by atoms with E-state index in [1.807, 2.05) is 12.3 Å². The number of piperidine rings is 1. The van der Waals surface area contributed by atoms with E-state index in [2.05, 4.69) is 28.8 Å². The lowest BCUT2D eigenvalue weighted by Gasteiger charge is -2.45. The molecule has 0 bridgehead atoms. The van der Waals surface area contributed by atoms with Crippen LogP contribution in [0, 0.1) is 0 Å². The highest BCUT2D eigenvalue weighted by atomic mass is 16.3. The second kappa shape index (κ2) is 6.42. The number of carbonyl (C=O) groups excluding carboxylic acids is 1. The predicted octanol–water partition coefficient (Wildman–Crippen LogP) is 1.80. The van der Waals surface area contributed by atoms with Gasteiger partial charge in [0, 0.05) is 50.2 Å². The molecule has 1 aromatic heterocycles. The fourth-order valence-corrected chi connectivity index (χ4v) is 3.82. The monoisotopic (exact) mass is 305 g/mol. The van der Waals surface area contributed by atoms with Crippen molar-refractivity contribution < 1.29 is 9.21 Å². The van der Waals surface area contributed by atoms with Crippen LogP contribution >= 0.6 is 0 Å². The van der Waals surface area contributed by atoms with Crippen LogP contribution in [0.2, 0.25) is 0 Å².